The molecule has 0 unspecified atom stereocenters. The summed E-state index contributed by atoms with van der Waals surface area (Å²) in [5.74, 6) is -0.367. The maximum Gasteiger partial charge on any atom is 0.339 e. The van der Waals surface area contributed by atoms with Gasteiger partial charge in [-0.25, -0.2) is 4.79 Å². The second kappa shape index (κ2) is 5.37. The monoisotopic (exact) mass is 280 g/mol. The number of hydrogen-bond acceptors (Lipinski definition) is 2. The molecule has 0 aliphatic heterocycles. The molecule has 3 nitrogen and oxygen atoms in total. The Balaban J connectivity index is 3.30. The van der Waals surface area contributed by atoms with E-state index in [1.807, 2.05) is 13.0 Å². The Kier molecular flexibility index (Phi) is 4.45. The third-order valence-electron chi connectivity index (χ3n) is 3.87. The molecule has 0 aromatic heterocycles. The summed E-state index contributed by atoms with van der Waals surface area (Å²) in [5.41, 5.74) is 1.23. The molecule has 1 aromatic carbocycles. The summed E-state index contributed by atoms with van der Waals surface area (Å²) < 4.78 is 6.24. The minimum atomic E-state index is -2.03. The van der Waals surface area contributed by atoms with Gasteiger partial charge in [-0.1, -0.05) is 39.8 Å². The van der Waals surface area contributed by atoms with Crippen molar-refractivity contribution in [1.82, 2.24) is 0 Å². The largest absolute Gasteiger partial charge is 0.543 e. The fraction of sp³-hybridized carbons (Fsp3) is 0.533. The summed E-state index contributed by atoms with van der Waals surface area (Å²) in [6.45, 7) is 12.7. The van der Waals surface area contributed by atoms with Crippen molar-refractivity contribution in [2.45, 2.75) is 52.2 Å². The first-order chi connectivity index (χ1) is 8.60. The molecule has 0 saturated carbocycles. The molecule has 4 heteroatoms. The smallest absolute Gasteiger partial charge is 0.339 e. The van der Waals surface area contributed by atoms with Crippen molar-refractivity contribution in [3.8, 4) is 5.75 Å². The van der Waals surface area contributed by atoms with Gasteiger partial charge in [-0.3, -0.25) is 0 Å². The third-order valence-corrected chi connectivity index (χ3v) is 8.20. The maximum absolute atomic E-state index is 11.4. The lowest BCUT2D eigenvalue weighted by Crippen LogP contribution is -2.44. The van der Waals surface area contributed by atoms with Crippen molar-refractivity contribution in [2.75, 3.05) is 0 Å². The van der Waals surface area contributed by atoms with E-state index in [4.69, 9.17) is 4.43 Å². The van der Waals surface area contributed by atoms with Crippen LogP contribution in [0, 0.1) is 0 Å². The van der Waals surface area contributed by atoms with Crippen LogP contribution in [-0.2, 0) is 6.42 Å². The van der Waals surface area contributed by atoms with E-state index >= 15 is 0 Å². The van der Waals surface area contributed by atoms with Gasteiger partial charge >= 0.3 is 5.97 Å². The third kappa shape index (κ3) is 3.38. The number of carboxylic acids is 1. The molecule has 1 aromatic rings. The van der Waals surface area contributed by atoms with Crippen molar-refractivity contribution in [3.63, 3.8) is 0 Å². The molecule has 0 radical (unpaired) electrons. The van der Waals surface area contributed by atoms with Gasteiger partial charge < -0.3 is 9.53 Å². The molecule has 0 fully saturated rings. The quantitative estimate of drug-likeness (QED) is 0.835. The van der Waals surface area contributed by atoms with Crippen LogP contribution in [0.5, 0.6) is 5.75 Å². The Labute approximate surface area is 116 Å². The zero-order valence-electron chi connectivity index (χ0n) is 12.7. The molecular formula is C15H24O3Si. The van der Waals surface area contributed by atoms with E-state index < -0.39 is 14.3 Å². The molecule has 1 N–H and O–H groups in total. The highest BCUT2D eigenvalue weighted by Crippen LogP contribution is 2.39. The Morgan fingerprint density at radius 1 is 1.32 bits per heavy atom. The van der Waals surface area contributed by atoms with Gasteiger partial charge in [0.05, 0.1) is 0 Å². The molecule has 106 valence electrons. The van der Waals surface area contributed by atoms with Gasteiger partial charge in [0, 0.05) is 0 Å². The molecule has 0 aliphatic carbocycles. The fourth-order valence-electron chi connectivity index (χ4n) is 1.56. The number of benzene rings is 1. The van der Waals surface area contributed by atoms with E-state index in [0.717, 1.165) is 12.0 Å². The highest BCUT2D eigenvalue weighted by Gasteiger charge is 2.40. The van der Waals surface area contributed by atoms with Gasteiger partial charge in [-0.15, -0.1) is 0 Å². The predicted octanol–water partition coefficient (Wildman–Crippen LogP) is 4.33. The van der Waals surface area contributed by atoms with Crippen molar-refractivity contribution < 1.29 is 14.3 Å². The first kappa shape index (κ1) is 15.8. The SMILES string of the molecule is CCc1cccc(C(=O)O)c1O[Si](C)(C)C(C)(C)C. The molecule has 1 rings (SSSR count). The summed E-state index contributed by atoms with van der Waals surface area (Å²) in [5, 5.41) is 9.37. The molecule has 0 spiro atoms. The molecule has 0 saturated heterocycles. The summed E-state index contributed by atoms with van der Waals surface area (Å²) >= 11 is 0. The number of rotatable bonds is 4. The van der Waals surface area contributed by atoms with Crippen molar-refractivity contribution in [1.29, 1.82) is 0 Å². The van der Waals surface area contributed by atoms with Crippen LogP contribution in [-0.4, -0.2) is 19.4 Å². The van der Waals surface area contributed by atoms with Gasteiger partial charge in [0.15, 0.2) is 0 Å². The van der Waals surface area contributed by atoms with Gasteiger partial charge in [-0.05, 0) is 36.2 Å². The van der Waals surface area contributed by atoms with E-state index in [-0.39, 0.29) is 10.6 Å². The number of aryl methyl sites for hydroxylation is 1. The normalized spacial score (nSPS) is 12.3. The lowest BCUT2D eigenvalue weighted by molar-refractivity contribution is 0.0694. The summed E-state index contributed by atoms with van der Waals surface area (Å²) in [6.07, 6.45) is 0.769. The van der Waals surface area contributed by atoms with E-state index in [0.29, 0.717) is 5.75 Å². The topological polar surface area (TPSA) is 46.5 Å². The standard InChI is InChI=1S/C15H24O3Si/c1-7-11-9-8-10-12(14(16)17)13(11)18-19(5,6)15(2,3)4/h8-10H,7H2,1-6H3,(H,16,17). The zero-order valence-corrected chi connectivity index (χ0v) is 13.7. The van der Waals surface area contributed by atoms with E-state index in [9.17, 15) is 9.90 Å². The number of aromatic carboxylic acids is 1. The number of carbonyl (C=O) groups is 1. The average molecular weight is 280 g/mol. The van der Waals surface area contributed by atoms with Gasteiger partial charge in [0.25, 0.3) is 8.32 Å². The highest BCUT2D eigenvalue weighted by molar-refractivity contribution is 6.74. The van der Waals surface area contributed by atoms with Crippen LogP contribution in [0.25, 0.3) is 0 Å². The number of hydrogen-bond donors (Lipinski definition) is 1. The second-order valence-corrected chi connectivity index (χ2v) is 11.0. The summed E-state index contributed by atoms with van der Waals surface area (Å²) in [6, 6.07) is 5.33. The van der Waals surface area contributed by atoms with Gasteiger partial charge in [0.1, 0.15) is 11.3 Å². The molecule has 0 aliphatic rings. The van der Waals surface area contributed by atoms with Crippen molar-refractivity contribution in [2.24, 2.45) is 0 Å². The van der Waals surface area contributed by atoms with E-state index in [2.05, 4.69) is 33.9 Å². The zero-order chi connectivity index (χ0) is 14.8. The molecule has 0 amide bonds. The first-order valence-corrected chi connectivity index (χ1v) is 9.55. The minimum absolute atomic E-state index is 0.0453. The maximum atomic E-state index is 11.4. The van der Waals surface area contributed by atoms with Crippen molar-refractivity contribution in [3.05, 3.63) is 29.3 Å². The Hall–Kier alpha value is -1.29. The van der Waals surface area contributed by atoms with Crippen LogP contribution >= 0.6 is 0 Å². The lowest BCUT2D eigenvalue weighted by Gasteiger charge is -2.37. The van der Waals surface area contributed by atoms with Crippen molar-refractivity contribution >= 4 is 14.3 Å². The van der Waals surface area contributed by atoms with E-state index in [1.54, 1.807) is 12.1 Å². The Bertz CT molecular complexity index is 473. The average Bonchev–Trinajstić information content (AvgIpc) is 2.26. The van der Waals surface area contributed by atoms with Gasteiger partial charge in [-0.2, -0.15) is 0 Å². The lowest BCUT2D eigenvalue weighted by atomic mass is 10.1. The van der Waals surface area contributed by atoms with Crippen LogP contribution in [0.1, 0.15) is 43.6 Å². The molecule has 0 heterocycles. The summed E-state index contributed by atoms with van der Waals surface area (Å²) in [4.78, 5) is 11.4. The van der Waals surface area contributed by atoms with Crippen LogP contribution < -0.4 is 4.43 Å². The molecule has 0 atom stereocenters. The number of carboxylic acid groups (broad SMARTS) is 1. The molecular weight excluding hydrogens is 256 g/mol. The Morgan fingerprint density at radius 2 is 1.89 bits per heavy atom. The van der Waals surface area contributed by atoms with Crippen LogP contribution in [0.2, 0.25) is 18.1 Å². The second-order valence-electron chi connectivity index (χ2n) is 6.31. The van der Waals surface area contributed by atoms with Crippen LogP contribution in [0.3, 0.4) is 0 Å². The first-order valence-electron chi connectivity index (χ1n) is 6.64. The highest BCUT2D eigenvalue weighted by atomic mass is 28.4. The molecule has 0 bridgehead atoms. The minimum Gasteiger partial charge on any atom is -0.543 e. The summed E-state index contributed by atoms with van der Waals surface area (Å²) in [7, 11) is -2.03. The predicted molar refractivity (Wildman–Crippen MR) is 80.6 cm³/mol. The fourth-order valence-corrected chi connectivity index (χ4v) is 2.62. The number of para-hydroxylation sites is 1. The molecule has 19 heavy (non-hydrogen) atoms. The van der Waals surface area contributed by atoms with Gasteiger partial charge in [0.2, 0.25) is 0 Å². The Morgan fingerprint density at radius 3 is 2.32 bits per heavy atom. The van der Waals surface area contributed by atoms with Crippen LogP contribution in [0.15, 0.2) is 18.2 Å². The van der Waals surface area contributed by atoms with E-state index in [1.165, 1.54) is 0 Å². The van der Waals surface area contributed by atoms with Crippen LogP contribution in [0.4, 0.5) is 0 Å².